The standard InChI is InChI=1S/C14H17FN2O2/c1-2-11(8-16)14(19)17-13(9-18)7-10-4-3-5-12(15)6-10/h2-6,8,13,18H,1,7,9,16H2,(H,17,19)/b11-8+/t13-/m0/s1. The Morgan fingerprint density at radius 3 is 2.84 bits per heavy atom. The van der Waals surface area contributed by atoms with E-state index < -0.39 is 11.9 Å². The van der Waals surface area contributed by atoms with Crippen LogP contribution in [-0.2, 0) is 11.2 Å². The van der Waals surface area contributed by atoms with E-state index in [4.69, 9.17) is 5.73 Å². The number of aliphatic hydroxyl groups is 1. The van der Waals surface area contributed by atoms with Crippen LogP contribution in [0.2, 0.25) is 0 Å². The van der Waals surface area contributed by atoms with Crippen molar-refractivity contribution in [3.63, 3.8) is 0 Å². The molecule has 19 heavy (non-hydrogen) atoms. The van der Waals surface area contributed by atoms with Crippen molar-refractivity contribution >= 4 is 5.91 Å². The van der Waals surface area contributed by atoms with Gasteiger partial charge < -0.3 is 16.2 Å². The van der Waals surface area contributed by atoms with Crippen LogP contribution in [0.25, 0.3) is 0 Å². The molecule has 0 spiro atoms. The molecule has 1 amide bonds. The first-order valence-corrected chi connectivity index (χ1v) is 5.81. The Morgan fingerprint density at radius 1 is 1.58 bits per heavy atom. The van der Waals surface area contributed by atoms with Gasteiger partial charge in [-0.2, -0.15) is 0 Å². The molecule has 102 valence electrons. The van der Waals surface area contributed by atoms with E-state index >= 15 is 0 Å². The molecule has 4 nitrogen and oxygen atoms in total. The number of hydrogen-bond acceptors (Lipinski definition) is 3. The highest BCUT2D eigenvalue weighted by Crippen LogP contribution is 2.07. The molecule has 0 bridgehead atoms. The van der Waals surface area contributed by atoms with Gasteiger partial charge in [0.25, 0.3) is 5.91 Å². The highest BCUT2D eigenvalue weighted by molar-refractivity contribution is 5.96. The second-order valence-electron chi connectivity index (χ2n) is 4.01. The van der Waals surface area contributed by atoms with E-state index in [-0.39, 0.29) is 18.0 Å². The fourth-order valence-electron chi connectivity index (χ4n) is 1.61. The van der Waals surface area contributed by atoms with E-state index in [2.05, 4.69) is 11.9 Å². The van der Waals surface area contributed by atoms with Crippen LogP contribution in [0.5, 0.6) is 0 Å². The van der Waals surface area contributed by atoms with E-state index in [1.807, 2.05) is 0 Å². The lowest BCUT2D eigenvalue weighted by molar-refractivity contribution is -0.118. The molecule has 1 rings (SSSR count). The first-order valence-electron chi connectivity index (χ1n) is 5.81. The third-order valence-electron chi connectivity index (χ3n) is 2.59. The Kier molecular flexibility index (Phi) is 5.75. The molecule has 0 fully saturated rings. The zero-order chi connectivity index (χ0) is 14.3. The van der Waals surface area contributed by atoms with E-state index in [9.17, 15) is 14.3 Å². The van der Waals surface area contributed by atoms with Gasteiger partial charge in [0.15, 0.2) is 0 Å². The lowest BCUT2D eigenvalue weighted by Crippen LogP contribution is -2.39. The summed E-state index contributed by atoms with van der Waals surface area (Å²) in [5, 5.41) is 11.9. The predicted octanol–water partition coefficient (Wildman–Crippen LogP) is 0.874. The summed E-state index contributed by atoms with van der Waals surface area (Å²) in [6.45, 7) is 3.21. The Bertz CT molecular complexity index is 486. The summed E-state index contributed by atoms with van der Waals surface area (Å²) >= 11 is 0. The molecule has 1 aromatic rings. The second-order valence-corrected chi connectivity index (χ2v) is 4.01. The smallest absolute Gasteiger partial charge is 0.253 e. The summed E-state index contributed by atoms with van der Waals surface area (Å²) in [7, 11) is 0. The molecule has 0 unspecified atom stereocenters. The Labute approximate surface area is 111 Å². The number of amides is 1. The van der Waals surface area contributed by atoms with Gasteiger partial charge in [0.1, 0.15) is 5.82 Å². The number of carbonyl (C=O) groups is 1. The summed E-state index contributed by atoms with van der Waals surface area (Å²) in [5.74, 6) is -0.776. The number of nitrogens with two attached hydrogens (primary N) is 1. The molecule has 5 heteroatoms. The molecule has 4 N–H and O–H groups in total. The zero-order valence-corrected chi connectivity index (χ0v) is 10.5. The average molecular weight is 264 g/mol. The highest BCUT2D eigenvalue weighted by atomic mass is 19.1. The van der Waals surface area contributed by atoms with Crippen molar-refractivity contribution in [1.29, 1.82) is 0 Å². The third-order valence-corrected chi connectivity index (χ3v) is 2.59. The van der Waals surface area contributed by atoms with Crippen LogP contribution < -0.4 is 11.1 Å². The van der Waals surface area contributed by atoms with Crippen LogP contribution in [0.4, 0.5) is 4.39 Å². The van der Waals surface area contributed by atoms with Crippen molar-refractivity contribution in [2.24, 2.45) is 5.73 Å². The maximum absolute atomic E-state index is 13.0. The molecule has 0 aliphatic rings. The fourth-order valence-corrected chi connectivity index (χ4v) is 1.61. The number of halogens is 1. The van der Waals surface area contributed by atoms with Crippen molar-refractivity contribution in [2.75, 3.05) is 6.61 Å². The van der Waals surface area contributed by atoms with Crippen LogP contribution in [-0.4, -0.2) is 23.7 Å². The molecule has 1 aromatic carbocycles. The van der Waals surface area contributed by atoms with Crippen LogP contribution >= 0.6 is 0 Å². The minimum atomic E-state index is -0.510. The molecule has 0 aliphatic heterocycles. The van der Waals surface area contributed by atoms with E-state index in [0.717, 1.165) is 6.20 Å². The third kappa shape index (κ3) is 4.56. The SMILES string of the molecule is C=C/C(=C\N)C(=O)N[C@H](CO)Cc1cccc(F)c1. The Hall–Kier alpha value is -2.14. The van der Waals surface area contributed by atoms with Gasteiger partial charge in [-0.3, -0.25) is 4.79 Å². The maximum Gasteiger partial charge on any atom is 0.253 e. The van der Waals surface area contributed by atoms with Crippen LogP contribution in [0.3, 0.4) is 0 Å². The Balaban J connectivity index is 2.69. The van der Waals surface area contributed by atoms with Crippen LogP contribution in [0.15, 0.2) is 48.7 Å². The molecule has 1 atom stereocenters. The average Bonchev–Trinajstić information content (AvgIpc) is 2.39. The van der Waals surface area contributed by atoms with Gasteiger partial charge >= 0.3 is 0 Å². The minimum absolute atomic E-state index is 0.220. The van der Waals surface area contributed by atoms with Crippen molar-refractivity contribution in [1.82, 2.24) is 5.32 Å². The topological polar surface area (TPSA) is 75.4 Å². The van der Waals surface area contributed by atoms with Crippen LogP contribution in [0.1, 0.15) is 5.56 Å². The molecule has 0 aromatic heterocycles. The minimum Gasteiger partial charge on any atom is -0.404 e. The highest BCUT2D eigenvalue weighted by Gasteiger charge is 2.14. The first-order chi connectivity index (χ1) is 9.10. The summed E-state index contributed by atoms with van der Waals surface area (Å²) in [6.07, 6.45) is 2.79. The zero-order valence-electron chi connectivity index (χ0n) is 10.5. The molecule has 0 heterocycles. The number of aliphatic hydroxyl groups excluding tert-OH is 1. The largest absolute Gasteiger partial charge is 0.404 e. The molecular weight excluding hydrogens is 247 g/mol. The van der Waals surface area contributed by atoms with Gasteiger partial charge in [-0.25, -0.2) is 4.39 Å². The molecule has 0 radical (unpaired) electrons. The number of carbonyl (C=O) groups excluding carboxylic acids is 1. The molecule has 0 saturated carbocycles. The van der Waals surface area contributed by atoms with Crippen molar-refractivity contribution < 1.29 is 14.3 Å². The van der Waals surface area contributed by atoms with Gasteiger partial charge in [0.05, 0.1) is 18.2 Å². The van der Waals surface area contributed by atoms with Crippen LogP contribution in [0, 0.1) is 5.82 Å². The summed E-state index contributed by atoms with van der Waals surface area (Å²) in [6, 6.07) is 5.50. The normalized spacial score (nSPS) is 12.8. The summed E-state index contributed by atoms with van der Waals surface area (Å²) in [4.78, 5) is 11.7. The maximum atomic E-state index is 13.0. The summed E-state index contributed by atoms with van der Waals surface area (Å²) in [5.41, 5.74) is 6.18. The number of nitrogens with one attached hydrogen (secondary N) is 1. The van der Waals surface area contributed by atoms with E-state index in [1.165, 1.54) is 18.2 Å². The van der Waals surface area contributed by atoms with E-state index in [1.54, 1.807) is 12.1 Å². The number of benzene rings is 1. The van der Waals surface area contributed by atoms with E-state index in [0.29, 0.717) is 12.0 Å². The monoisotopic (exact) mass is 264 g/mol. The summed E-state index contributed by atoms with van der Waals surface area (Å²) < 4.78 is 13.0. The number of hydrogen-bond donors (Lipinski definition) is 3. The van der Waals surface area contributed by atoms with Gasteiger partial charge in [-0.05, 0) is 24.1 Å². The van der Waals surface area contributed by atoms with Gasteiger partial charge in [-0.1, -0.05) is 24.8 Å². The second kappa shape index (κ2) is 7.33. The van der Waals surface area contributed by atoms with Gasteiger partial charge in [-0.15, -0.1) is 0 Å². The van der Waals surface area contributed by atoms with Crippen molar-refractivity contribution in [2.45, 2.75) is 12.5 Å². The van der Waals surface area contributed by atoms with Crippen molar-refractivity contribution in [3.8, 4) is 0 Å². The quantitative estimate of drug-likeness (QED) is 0.527. The Morgan fingerprint density at radius 2 is 2.32 bits per heavy atom. The van der Waals surface area contributed by atoms with Crippen molar-refractivity contribution in [3.05, 3.63) is 60.1 Å². The van der Waals surface area contributed by atoms with Gasteiger partial charge in [0.2, 0.25) is 0 Å². The molecule has 0 aliphatic carbocycles. The lowest BCUT2D eigenvalue weighted by Gasteiger charge is -2.16. The number of rotatable bonds is 6. The predicted molar refractivity (Wildman–Crippen MR) is 71.6 cm³/mol. The molecule has 0 saturated heterocycles. The molecular formula is C14H17FN2O2. The fraction of sp³-hybridized carbons (Fsp3) is 0.214. The lowest BCUT2D eigenvalue weighted by atomic mass is 10.1. The van der Waals surface area contributed by atoms with Gasteiger partial charge in [0, 0.05) is 6.20 Å². The first kappa shape index (κ1) is 14.9.